The van der Waals surface area contributed by atoms with Gasteiger partial charge in [-0.15, -0.1) is 11.3 Å². The zero-order valence-corrected chi connectivity index (χ0v) is 13.9. The Kier molecular flexibility index (Phi) is 5.05. The first-order valence-electron chi connectivity index (χ1n) is 7.85. The van der Waals surface area contributed by atoms with Crippen LogP contribution in [0.2, 0.25) is 0 Å². The maximum absolute atomic E-state index is 12.5. The van der Waals surface area contributed by atoms with Crippen LogP contribution in [-0.2, 0) is 9.59 Å². The molecule has 3 rings (SSSR count). The first kappa shape index (κ1) is 16.4. The summed E-state index contributed by atoms with van der Waals surface area (Å²) in [7, 11) is 0. The molecule has 0 spiro atoms. The molecule has 1 aromatic heterocycles. The molecule has 0 radical (unpaired) electrons. The number of benzene rings is 1. The molecule has 2 heterocycles. The molecule has 2 aromatic rings. The fraction of sp³-hybridized carbons (Fsp3) is 0.278. The lowest BCUT2D eigenvalue weighted by Crippen LogP contribution is -2.26. The number of hydrogen-bond donors (Lipinski definition) is 1. The SMILES string of the molecule is O=C(O)CCCC(=O)N1N=C(c2ccccc2)C[C@H]1c1cccs1. The fourth-order valence-electron chi connectivity index (χ4n) is 2.75. The number of nitrogens with zero attached hydrogens (tertiary/aromatic N) is 2. The standard InChI is InChI=1S/C18H18N2O3S/c21-17(9-4-10-18(22)23)20-15(16-8-5-11-24-16)12-14(19-20)13-6-2-1-3-7-13/h1-3,5-8,11,15H,4,9-10,12H2,(H,22,23)/t15-/m0/s1. The molecule has 1 aliphatic rings. The summed E-state index contributed by atoms with van der Waals surface area (Å²) in [5.41, 5.74) is 1.90. The van der Waals surface area contributed by atoms with Gasteiger partial charge in [0.2, 0.25) is 5.91 Å². The van der Waals surface area contributed by atoms with Gasteiger partial charge in [0.1, 0.15) is 0 Å². The van der Waals surface area contributed by atoms with Crippen LogP contribution in [-0.4, -0.2) is 27.7 Å². The molecular weight excluding hydrogens is 324 g/mol. The number of carbonyl (C=O) groups excluding carboxylic acids is 1. The second kappa shape index (κ2) is 7.40. The van der Waals surface area contributed by atoms with Crippen LogP contribution in [0.5, 0.6) is 0 Å². The van der Waals surface area contributed by atoms with E-state index in [1.54, 1.807) is 11.3 Å². The second-order valence-electron chi connectivity index (χ2n) is 5.63. The minimum Gasteiger partial charge on any atom is -0.481 e. The second-order valence-corrected chi connectivity index (χ2v) is 6.61. The van der Waals surface area contributed by atoms with E-state index in [0.29, 0.717) is 12.8 Å². The van der Waals surface area contributed by atoms with Crippen LogP contribution >= 0.6 is 11.3 Å². The maximum atomic E-state index is 12.5. The lowest BCUT2D eigenvalue weighted by Gasteiger charge is -2.20. The zero-order valence-electron chi connectivity index (χ0n) is 13.1. The highest BCUT2D eigenvalue weighted by molar-refractivity contribution is 7.10. The Labute approximate surface area is 144 Å². The van der Waals surface area contributed by atoms with Crippen molar-refractivity contribution < 1.29 is 14.7 Å². The molecule has 1 N–H and O–H groups in total. The van der Waals surface area contributed by atoms with Gasteiger partial charge in [-0.2, -0.15) is 5.10 Å². The third-order valence-corrected chi connectivity index (χ3v) is 4.90. The van der Waals surface area contributed by atoms with Crippen LogP contribution in [0.3, 0.4) is 0 Å². The summed E-state index contributed by atoms with van der Waals surface area (Å²) in [5, 5.41) is 16.8. The van der Waals surface area contributed by atoms with Crippen molar-refractivity contribution in [3.63, 3.8) is 0 Å². The monoisotopic (exact) mass is 342 g/mol. The van der Waals surface area contributed by atoms with Crippen LogP contribution in [0, 0.1) is 0 Å². The highest BCUT2D eigenvalue weighted by Gasteiger charge is 2.33. The van der Waals surface area contributed by atoms with Gasteiger partial charge in [0, 0.05) is 24.1 Å². The zero-order chi connectivity index (χ0) is 16.9. The minimum absolute atomic E-state index is 0.00148. The van der Waals surface area contributed by atoms with Gasteiger partial charge in [-0.3, -0.25) is 9.59 Å². The molecule has 124 valence electrons. The van der Waals surface area contributed by atoms with Crippen molar-refractivity contribution in [3.05, 3.63) is 58.3 Å². The van der Waals surface area contributed by atoms with Gasteiger partial charge in [0.25, 0.3) is 0 Å². The molecule has 0 fully saturated rings. The van der Waals surface area contributed by atoms with Gasteiger partial charge in [-0.05, 0) is 23.4 Å². The van der Waals surface area contributed by atoms with Crippen LogP contribution < -0.4 is 0 Å². The van der Waals surface area contributed by atoms with Crippen molar-refractivity contribution in [1.29, 1.82) is 0 Å². The van der Waals surface area contributed by atoms with Crippen molar-refractivity contribution >= 4 is 28.9 Å². The molecule has 5 nitrogen and oxygen atoms in total. The van der Waals surface area contributed by atoms with E-state index in [-0.39, 0.29) is 24.8 Å². The summed E-state index contributed by atoms with van der Waals surface area (Å²) in [5.74, 6) is -1.01. The molecule has 1 aliphatic heterocycles. The Morgan fingerprint density at radius 2 is 1.96 bits per heavy atom. The number of carboxylic acid groups (broad SMARTS) is 1. The van der Waals surface area contributed by atoms with Crippen molar-refractivity contribution in [3.8, 4) is 0 Å². The van der Waals surface area contributed by atoms with E-state index >= 15 is 0 Å². The van der Waals surface area contributed by atoms with E-state index in [4.69, 9.17) is 5.11 Å². The van der Waals surface area contributed by atoms with Gasteiger partial charge in [-0.25, -0.2) is 5.01 Å². The number of rotatable bonds is 6. The summed E-state index contributed by atoms with van der Waals surface area (Å²) in [6.45, 7) is 0. The van der Waals surface area contributed by atoms with Crippen LogP contribution in [0.1, 0.15) is 42.2 Å². The topological polar surface area (TPSA) is 70.0 Å². The average Bonchev–Trinajstić information content (AvgIpc) is 3.24. The first-order valence-corrected chi connectivity index (χ1v) is 8.73. The Morgan fingerprint density at radius 1 is 1.17 bits per heavy atom. The quantitative estimate of drug-likeness (QED) is 0.870. The smallest absolute Gasteiger partial charge is 0.303 e. The highest BCUT2D eigenvalue weighted by atomic mass is 32.1. The van der Waals surface area contributed by atoms with Gasteiger partial charge >= 0.3 is 5.97 Å². The molecule has 0 unspecified atom stereocenters. The lowest BCUT2D eigenvalue weighted by atomic mass is 10.0. The first-order chi connectivity index (χ1) is 11.6. The summed E-state index contributed by atoms with van der Waals surface area (Å²) < 4.78 is 0. The predicted octanol–water partition coefficient (Wildman–Crippen LogP) is 3.68. The minimum atomic E-state index is -0.882. The predicted molar refractivity (Wildman–Crippen MR) is 93.0 cm³/mol. The Hall–Kier alpha value is -2.47. The van der Waals surface area contributed by atoms with Crippen LogP contribution in [0.15, 0.2) is 52.9 Å². The number of carbonyl (C=O) groups is 2. The molecule has 1 atom stereocenters. The third kappa shape index (κ3) is 3.71. The van der Waals surface area contributed by atoms with E-state index < -0.39 is 5.97 Å². The van der Waals surface area contributed by atoms with Crippen molar-refractivity contribution in [1.82, 2.24) is 5.01 Å². The van der Waals surface area contributed by atoms with E-state index in [0.717, 1.165) is 16.2 Å². The summed E-state index contributed by atoms with van der Waals surface area (Å²) >= 11 is 1.61. The van der Waals surface area contributed by atoms with Crippen LogP contribution in [0.25, 0.3) is 0 Å². The molecule has 6 heteroatoms. The molecule has 24 heavy (non-hydrogen) atoms. The fourth-order valence-corrected chi connectivity index (χ4v) is 3.56. The van der Waals surface area contributed by atoms with Gasteiger partial charge < -0.3 is 5.11 Å². The number of hydrazone groups is 1. The summed E-state index contributed by atoms with van der Waals surface area (Å²) in [6, 6.07) is 13.7. The maximum Gasteiger partial charge on any atom is 0.303 e. The molecule has 1 amide bonds. The Bertz CT molecular complexity index is 741. The van der Waals surface area contributed by atoms with E-state index in [1.165, 1.54) is 5.01 Å². The van der Waals surface area contributed by atoms with Crippen molar-refractivity contribution in [2.24, 2.45) is 5.10 Å². The number of amides is 1. The lowest BCUT2D eigenvalue weighted by molar-refractivity contribution is -0.137. The van der Waals surface area contributed by atoms with E-state index in [9.17, 15) is 9.59 Å². The average molecular weight is 342 g/mol. The van der Waals surface area contributed by atoms with E-state index in [2.05, 4.69) is 5.10 Å². The molecule has 0 bridgehead atoms. The summed E-state index contributed by atoms with van der Waals surface area (Å²) in [6.07, 6.45) is 1.20. The molecule has 1 aromatic carbocycles. The van der Waals surface area contributed by atoms with Crippen LogP contribution in [0.4, 0.5) is 0 Å². The van der Waals surface area contributed by atoms with Gasteiger partial charge in [0.15, 0.2) is 0 Å². The summed E-state index contributed by atoms with van der Waals surface area (Å²) in [4.78, 5) is 24.3. The Morgan fingerprint density at radius 3 is 2.62 bits per heavy atom. The number of carboxylic acids is 1. The normalized spacial score (nSPS) is 16.9. The third-order valence-electron chi connectivity index (χ3n) is 3.93. The van der Waals surface area contributed by atoms with Gasteiger partial charge in [0.05, 0.1) is 11.8 Å². The number of hydrogen-bond acceptors (Lipinski definition) is 4. The molecule has 0 saturated heterocycles. The number of aliphatic carboxylic acids is 1. The number of thiophene rings is 1. The molecule has 0 aliphatic carbocycles. The largest absolute Gasteiger partial charge is 0.481 e. The Balaban J connectivity index is 1.79. The van der Waals surface area contributed by atoms with Gasteiger partial charge in [-0.1, -0.05) is 36.4 Å². The molecular formula is C18H18N2O3S. The van der Waals surface area contributed by atoms with Crippen molar-refractivity contribution in [2.75, 3.05) is 0 Å². The molecule has 0 saturated carbocycles. The van der Waals surface area contributed by atoms with Crippen molar-refractivity contribution in [2.45, 2.75) is 31.7 Å². The van der Waals surface area contributed by atoms with E-state index in [1.807, 2.05) is 47.8 Å². The highest BCUT2D eigenvalue weighted by Crippen LogP contribution is 2.35.